The van der Waals surface area contributed by atoms with Crippen molar-refractivity contribution in [3.8, 4) is 0 Å². The topological polar surface area (TPSA) is 55.3 Å². The first-order chi connectivity index (χ1) is 12.7. The third kappa shape index (κ3) is 3.86. The summed E-state index contributed by atoms with van der Waals surface area (Å²) in [6, 6.07) is 19.6. The average molecular weight is 365 g/mol. The van der Waals surface area contributed by atoms with E-state index < -0.39 is 5.97 Å². The molecule has 26 heavy (non-hydrogen) atoms. The van der Waals surface area contributed by atoms with Crippen molar-refractivity contribution in [2.75, 3.05) is 17.8 Å². The normalized spacial score (nSPS) is 10.4. The second kappa shape index (κ2) is 8.49. The molecule has 0 N–H and O–H groups in total. The number of carbonyl (C=O) groups excluding carboxylic acids is 1. The molecule has 0 aliphatic heterocycles. The standard InChI is InChI=1S/C20H19N3O2S/c1-3-25-19(24)17-14-21-20(26-2)22-18(17)23(15-10-6-4-7-11-15)16-12-8-5-9-13-16/h4-14H,3H2,1-2H3. The van der Waals surface area contributed by atoms with Crippen LogP contribution >= 0.6 is 11.8 Å². The van der Waals surface area contributed by atoms with Gasteiger partial charge >= 0.3 is 5.97 Å². The van der Waals surface area contributed by atoms with E-state index in [4.69, 9.17) is 4.74 Å². The molecule has 0 radical (unpaired) electrons. The number of hydrogen-bond acceptors (Lipinski definition) is 6. The van der Waals surface area contributed by atoms with Gasteiger partial charge in [0.15, 0.2) is 11.0 Å². The van der Waals surface area contributed by atoms with Crippen LogP contribution in [0.5, 0.6) is 0 Å². The Labute approximate surface area is 157 Å². The van der Waals surface area contributed by atoms with E-state index in [1.807, 2.05) is 71.8 Å². The van der Waals surface area contributed by atoms with E-state index in [1.54, 1.807) is 6.92 Å². The van der Waals surface area contributed by atoms with E-state index in [0.717, 1.165) is 11.4 Å². The molecule has 1 aromatic heterocycles. The molecular formula is C20H19N3O2S. The van der Waals surface area contributed by atoms with Crippen LogP contribution in [-0.4, -0.2) is 28.8 Å². The summed E-state index contributed by atoms with van der Waals surface area (Å²) in [6.45, 7) is 2.07. The molecule has 3 aromatic rings. The molecule has 2 aromatic carbocycles. The highest BCUT2D eigenvalue weighted by Crippen LogP contribution is 2.35. The zero-order chi connectivity index (χ0) is 18.4. The molecule has 0 bridgehead atoms. The van der Waals surface area contributed by atoms with Gasteiger partial charge in [-0.1, -0.05) is 48.2 Å². The van der Waals surface area contributed by atoms with E-state index in [9.17, 15) is 4.79 Å². The SMILES string of the molecule is CCOC(=O)c1cnc(SC)nc1N(c1ccccc1)c1ccccc1. The van der Waals surface area contributed by atoms with Crippen molar-refractivity contribution in [1.82, 2.24) is 9.97 Å². The fourth-order valence-corrected chi connectivity index (χ4v) is 2.86. The van der Waals surface area contributed by atoms with Crippen LogP contribution in [0.25, 0.3) is 0 Å². The number of aromatic nitrogens is 2. The number of hydrogen-bond donors (Lipinski definition) is 0. The Morgan fingerprint density at radius 3 is 2.12 bits per heavy atom. The second-order valence-corrected chi connectivity index (χ2v) is 6.09. The van der Waals surface area contributed by atoms with Crippen LogP contribution < -0.4 is 4.90 Å². The van der Waals surface area contributed by atoms with Gasteiger partial charge in [0.25, 0.3) is 0 Å². The number of para-hydroxylation sites is 2. The van der Waals surface area contributed by atoms with Crippen molar-refractivity contribution in [2.45, 2.75) is 12.1 Å². The molecule has 0 aliphatic carbocycles. The molecule has 1 heterocycles. The molecule has 0 saturated carbocycles. The minimum Gasteiger partial charge on any atom is -0.462 e. The lowest BCUT2D eigenvalue weighted by atomic mass is 10.2. The van der Waals surface area contributed by atoms with Crippen LogP contribution in [0.1, 0.15) is 17.3 Å². The smallest absolute Gasteiger partial charge is 0.343 e. The van der Waals surface area contributed by atoms with E-state index in [2.05, 4.69) is 9.97 Å². The fraction of sp³-hybridized carbons (Fsp3) is 0.150. The van der Waals surface area contributed by atoms with Crippen LogP contribution in [0.2, 0.25) is 0 Å². The van der Waals surface area contributed by atoms with Gasteiger partial charge in [0.05, 0.1) is 6.61 Å². The lowest BCUT2D eigenvalue weighted by Crippen LogP contribution is -2.18. The van der Waals surface area contributed by atoms with E-state index in [0.29, 0.717) is 23.1 Å². The van der Waals surface area contributed by atoms with Crippen molar-refractivity contribution >= 4 is 34.9 Å². The molecule has 6 heteroatoms. The number of nitrogens with zero attached hydrogens (tertiary/aromatic N) is 3. The minimum absolute atomic E-state index is 0.291. The van der Waals surface area contributed by atoms with E-state index in [-0.39, 0.29) is 0 Å². The summed E-state index contributed by atoms with van der Waals surface area (Å²) in [6.07, 6.45) is 3.43. The first-order valence-electron chi connectivity index (χ1n) is 8.23. The van der Waals surface area contributed by atoms with Crippen molar-refractivity contribution in [1.29, 1.82) is 0 Å². The second-order valence-electron chi connectivity index (χ2n) is 5.32. The van der Waals surface area contributed by atoms with Crippen molar-refractivity contribution in [2.24, 2.45) is 0 Å². The van der Waals surface area contributed by atoms with E-state index in [1.165, 1.54) is 18.0 Å². The molecule has 0 saturated heterocycles. The Hall–Kier alpha value is -2.86. The molecule has 0 aliphatic rings. The highest BCUT2D eigenvalue weighted by atomic mass is 32.2. The number of carbonyl (C=O) groups is 1. The monoisotopic (exact) mass is 365 g/mol. The van der Waals surface area contributed by atoms with Gasteiger partial charge in [0.1, 0.15) is 5.56 Å². The van der Waals surface area contributed by atoms with Crippen LogP contribution in [0, 0.1) is 0 Å². The van der Waals surface area contributed by atoms with Gasteiger partial charge in [-0.2, -0.15) is 0 Å². The predicted molar refractivity (Wildman–Crippen MR) is 104 cm³/mol. The molecule has 5 nitrogen and oxygen atoms in total. The van der Waals surface area contributed by atoms with Gasteiger partial charge in [0, 0.05) is 17.6 Å². The van der Waals surface area contributed by atoms with Gasteiger partial charge < -0.3 is 4.74 Å². The molecule has 0 atom stereocenters. The number of anilines is 3. The summed E-state index contributed by atoms with van der Waals surface area (Å²) in [4.78, 5) is 23.3. The molecule has 0 fully saturated rings. The maximum atomic E-state index is 12.5. The van der Waals surface area contributed by atoms with Crippen molar-refractivity contribution < 1.29 is 9.53 Å². The Balaban J connectivity index is 2.22. The first kappa shape index (κ1) is 17.9. The fourth-order valence-electron chi connectivity index (χ4n) is 2.53. The summed E-state index contributed by atoms with van der Waals surface area (Å²) >= 11 is 1.42. The predicted octanol–water partition coefficient (Wildman–Crippen LogP) is 4.85. The van der Waals surface area contributed by atoms with Gasteiger partial charge in [-0.05, 0) is 37.4 Å². The maximum Gasteiger partial charge on any atom is 0.343 e. The lowest BCUT2D eigenvalue weighted by Gasteiger charge is -2.25. The molecule has 0 amide bonds. The van der Waals surface area contributed by atoms with Crippen LogP contribution in [0.4, 0.5) is 17.2 Å². The largest absolute Gasteiger partial charge is 0.462 e. The molecular weight excluding hydrogens is 346 g/mol. The Kier molecular flexibility index (Phi) is 5.86. The number of thioether (sulfide) groups is 1. The summed E-state index contributed by atoms with van der Waals surface area (Å²) in [7, 11) is 0. The average Bonchev–Trinajstić information content (AvgIpc) is 2.70. The van der Waals surface area contributed by atoms with E-state index >= 15 is 0 Å². The minimum atomic E-state index is -0.438. The van der Waals surface area contributed by atoms with Gasteiger partial charge in [-0.15, -0.1) is 0 Å². The number of esters is 1. The highest BCUT2D eigenvalue weighted by Gasteiger charge is 2.23. The third-order valence-corrected chi connectivity index (χ3v) is 4.23. The lowest BCUT2D eigenvalue weighted by molar-refractivity contribution is 0.0526. The van der Waals surface area contributed by atoms with Crippen LogP contribution in [0.15, 0.2) is 72.0 Å². The van der Waals surface area contributed by atoms with Gasteiger partial charge in [-0.25, -0.2) is 14.8 Å². The number of benzene rings is 2. The third-order valence-electron chi connectivity index (χ3n) is 3.67. The van der Waals surface area contributed by atoms with Crippen LogP contribution in [0.3, 0.4) is 0 Å². The quantitative estimate of drug-likeness (QED) is 0.354. The highest BCUT2D eigenvalue weighted by molar-refractivity contribution is 7.98. The summed E-state index contributed by atoms with van der Waals surface area (Å²) < 4.78 is 5.21. The van der Waals surface area contributed by atoms with Crippen molar-refractivity contribution in [3.63, 3.8) is 0 Å². The summed E-state index contributed by atoms with van der Waals surface area (Å²) in [5.41, 5.74) is 2.13. The van der Waals surface area contributed by atoms with Crippen molar-refractivity contribution in [3.05, 3.63) is 72.4 Å². The van der Waals surface area contributed by atoms with Gasteiger partial charge in [-0.3, -0.25) is 4.90 Å². The maximum absolute atomic E-state index is 12.5. The molecule has 3 rings (SSSR count). The first-order valence-corrected chi connectivity index (χ1v) is 9.45. The Morgan fingerprint density at radius 1 is 1.04 bits per heavy atom. The number of ether oxygens (including phenoxy) is 1. The van der Waals surface area contributed by atoms with Gasteiger partial charge in [0.2, 0.25) is 0 Å². The molecule has 132 valence electrons. The summed E-state index contributed by atoms with van der Waals surface area (Å²) in [5, 5.41) is 0.588. The Morgan fingerprint density at radius 2 is 1.62 bits per heavy atom. The molecule has 0 unspecified atom stereocenters. The summed E-state index contributed by atoms with van der Waals surface area (Å²) in [5.74, 6) is 0.0622. The zero-order valence-electron chi connectivity index (χ0n) is 14.6. The number of rotatable bonds is 6. The zero-order valence-corrected chi connectivity index (χ0v) is 15.4. The Bertz CT molecular complexity index is 833. The van der Waals surface area contributed by atoms with Crippen LogP contribution in [-0.2, 0) is 4.74 Å². The molecule has 0 spiro atoms.